The second kappa shape index (κ2) is 4.82. The molecular weight excluding hydrogens is 326 g/mol. The van der Waals surface area contributed by atoms with Crippen LogP contribution in [0.15, 0.2) is 33.7 Å². The van der Waals surface area contributed by atoms with Crippen LogP contribution < -0.4 is 10.9 Å². The van der Waals surface area contributed by atoms with Crippen LogP contribution >= 0.6 is 15.9 Å². The highest BCUT2D eigenvalue weighted by Gasteiger charge is 2.29. The fourth-order valence-electron chi connectivity index (χ4n) is 2.27. The molecule has 2 heterocycles. The van der Waals surface area contributed by atoms with Gasteiger partial charge in [0.05, 0.1) is 11.6 Å². The largest absolute Gasteiger partial charge is 0.295 e. The van der Waals surface area contributed by atoms with E-state index in [0.29, 0.717) is 17.2 Å². The summed E-state index contributed by atoms with van der Waals surface area (Å²) in [5, 5.41) is 7.48. The van der Waals surface area contributed by atoms with Crippen molar-refractivity contribution in [3.8, 4) is 0 Å². The zero-order chi connectivity index (χ0) is 14.3. The zero-order valence-electron chi connectivity index (χ0n) is 10.3. The van der Waals surface area contributed by atoms with Crippen molar-refractivity contribution in [2.45, 2.75) is 18.9 Å². The molecule has 0 radical (unpaired) electrons. The summed E-state index contributed by atoms with van der Waals surface area (Å²) in [4.78, 5) is 35.3. The van der Waals surface area contributed by atoms with Crippen LogP contribution in [0.25, 0.3) is 10.8 Å². The van der Waals surface area contributed by atoms with E-state index >= 15 is 0 Å². The molecular formula is C13H10BrN3O3. The minimum atomic E-state index is -0.728. The number of carbonyl (C=O) groups excluding carboxylic acids is 2. The van der Waals surface area contributed by atoms with Crippen molar-refractivity contribution >= 4 is 38.5 Å². The third kappa shape index (κ3) is 2.14. The summed E-state index contributed by atoms with van der Waals surface area (Å²) in [6.45, 7) is 0. The van der Waals surface area contributed by atoms with Crippen molar-refractivity contribution in [2.24, 2.45) is 0 Å². The van der Waals surface area contributed by atoms with Crippen LogP contribution in [0.4, 0.5) is 0 Å². The van der Waals surface area contributed by atoms with E-state index in [1.54, 1.807) is 24.4 Å². The monoisotopic (exact) mass is 335 g/mol. The van der Waals surface area contributed by atoms with Gasteiger partial charge in [0.25, 0.3) is 11.5 Å². The number of fused-ring (bicyclic) bond motifs is 1. The average Bonchev–Trinajstić information content (AvgIpc) is 2.40. The van der Waals surface area contributed by atoms with Gasteiger partial charge in [0.1, 0.15) is 6.04 Å². The Kier molecular flexibility index (Phi) is 3.13. The molecule has 0 aliphatic carbocycles. The Hall–Kier alpha value is -2.02. The van der Waals surface area contributed by atoms with Crippen molar-refractivity contribution in [2.75, 3.05) is 0 Å². The van der Waals surface area contributed by atoms with Gasteiger partial charge in [-0.15, -0.1) is 0 Å². The molecule has 1 saturated heterocycles. The number of piperidine rings is 1. The number of nitrogens with zero attached hydrogens (tertiary/aromatic N) is 2. The lowest BCUT2D eigenvalue weighted by molar-refractivity contribution is -0.136. The number of nitrogens with one attached hydrogen (secondary N) is 1. The molecule has 1 fully saturated rings. The van der Waals surface area contributed by atoms with Crippen molar-refractivity contribution in [1.29, 1.82) is 0 Å². The zero-order valence-corrected chi connectivity index (χ0v) is 11.9. The van der Waals surface area contributed by atoms with Crippen molar-refractivity contribution in [3.63, 3.8) is 0 Å². The normalized spacial score (nSPS) is 19.1. The molecule has 0 bridgehead atoms. The lowest BCUT2D eigenvalue weighted by atomic mass is 10.1. The summed E-state index contributed by atoms with van der Waals surface area (Å²) in [5.41, 5.74) is -0.329. The highest BCUT2D eigenvalue weighted by atomic mass is 79.9. The number of halogens is 1. The predicted molar refractivity (Wildman–Crippen MR) is 75.1 cm³/mol. The average molecular weight is 336 g/mol. The standard InChI is InChI=1S/C13H10BrN3O3/c14-8-1-2-9-7(5-8)6-15-17(13(9)20)10-3-4-11(18)16-12(10)19/h1-2,5-6,10H,3-4H2,(H,16,18,19). The lowest BCUT2D eigenvalue weighted by Crippen LogP contribution is -2.45. The first-order valence-corrected chi connectivity index (χ1v) is 6.86. The fourth-order valence-corrected chi connectivity index (χ4v) is 2.65. The van der Waals surface area contributed by atoms with E-state index in [9.17, 15) is 14.4 Å². The molecule has 1 aromatic heterocycles. The van der Waals surface area contributed by atoms with Crippen LogP contribution in [0.5, 0.6) is 0 Å². The van der Waals surface area contributed by atoms with Crippen LogP contribution in [0.2, 0.25) is 0 Å². The molecule has 1 aliphatic heterocycles. The topological polar surface area (TPSA) is 81.1 Å². The Morgan fingerprint density at radius 3 is 2.85 bits per heavy atom. The van der Waals surface area contributed by atoms with E-state index in [1.807, 2.05) is 0 Å². The van der Waals surface area contributed by atoms with Gasteiger partial charge in [-0.2, -0.15) is 5.10 Å². The number of benzene rings is 1. The van der Waals surface area contributed by atoms with Gasteiger partial charge in [-0.3, -0.25) is 19.7 Å². The Labute approximate surface area is 121 Å². The molecule has 7 heteroatoms. The van der Waals surface area contributed by atoms with Gasteiger partial charge in [0.15, 0.2) is 0 Å². The number of amides is 2. The van der Waals surface area contributed by atoms with Crippen LogP contribution in [0, 0.1) is 0 Å². The maximum absolute atomic E-state index is 12.4. The van der Waals surface area contributed by atoms with Crippen LogP contribution in [-0.2, 0) is 9.59 Å². The number of hydrogen-bond donors (Lipinski definition) is 1. The molecule has 0 spiro atoms. The maximum Gasteiger partial charge on any atom is 0.275 e. The SMILES string of the molecule is O=C1CCC(n2ncc3cc(Br)ccc3c2=O)C(=O)N1. The first kappa shape index (κ1) is 13.0. The summed E-state index contributed by atoms with van der Waals surface area (Å²) in [5.74, 6) is -0.795. The Balaban J connectivity index is 2.11. The van der Waals surface area contributed by atoms with Crippen LogP contribution in [0.1, 0.15) is 18.9 Å². The number of aromatic nitrogens is 2. The molecule has 0 saturated carbocycles. The van der Waals surface area contributed by atoms with E-state index in [1.165, 1.54) is 0 Å². The first-order chi connectivity index (χ1) is 9.56. The number of rotatable bonds is 1. The fraction of sp³-hybridized carbons (Fsp3) is 0.231. The molecule has 20 heavy (non-hydrogen) atoms. The van der Waals surface area contributed by atoms with Gasteiger partial charge in [0, 0.05) is 16.3 Å². The molecule has 102 valence electrons. The summed E-state index contributed by atoms with van der Waals surface area (Å²) in [7, 11) is 0. The van der Waals surface area contributed by atoms with Gasteiger partial charge in [-0.1, -0.05) is 15.9 Å². The Morgan fingerprint density at radius 2 is 2.10 bits per heavy atom. The molecule has 1 atom stereocenters. The van der Waals surface area contributed by atoms with E-state index < -0.39 is 11.9 Å². The second-order valence-corrected chi connectivity index (χ2v) is 5.51. The minimum absolute atomic E-state index is 0.211. The molecule has 1 aliphatic rings. The third-order valence-corrected chi connectivity index (χ3v) is 3.77. The van der Waals surface area contributed by atoms with Crippen LogP contribution in [0.3, 0.4) is 0 Å². The quantitative estimate of drug-likeness (QED) is 0.792. The summed E-state index contributed by atoms with van der Waals surface area (Å²) in [6, 6.07) is 4.51. The third-order valence-electron chi connectivity index (χ3n) is 3.28. The Morgan fingerprint density at radius 1 is 1.30 bits per heavy atom. The molecule has 1 N–H and O–H groups in total. The molecule has 1 unspecified atom stereocenters. The summed E-state index contributed by atoms with van der Waals surface area (Å²) in [6.07, 6.45) is 2.05. The van der Waals surface area contributed by atoms with Gasteiger partial charge in [0.2, 0.25) is 5.91 Å². The maximum atomic E-state index is 12.4. The highest BCUT2D eigenvalue weighted by molar-refractivity contribution is 9.10. The number of hydrogen-bond acceptors (Lipinski definition) is 4. The molecule has 6 nitrogen and oxygen atoms in total. The number of imide groups is 1. The van der Waals surface area contributed by atoms with E-state index in [4.69, 9.17) is 0 Å². The molecule has 2 aromatic rings. The van der Waals surface area contributed by atoms with E-state index in [-0.39, 0.29) is 17.9 Å². The highest BCUT2D eigenvalue weighted by Crippen LogP contribution is 2.19. The molecule has 3 rings (SSSR count). The first-order valence-electron chi connectivity index (χ1n) is 6.07. The lowest BCUT2D eigenvalue weighted by Gasteiger charge is -2.21. The smallest absolute Gasteiger partial charge is 0.275 e. The van der Waals surface area contributed by atoms with Crippen molar-refractivity contribution < 1.29 is 9.59 Å². The van der Waals surface area contributed by atoms with Gasteiger partial charge in [-0.05, 0) is 24.6 Å². The van der Waals surface area contributed by atoms with E-state index in [0.717, 1.165) is 9.15 Å². The summed E-state index contributed by atoms with van der Waals surface area (Å²) < 4.78 is 2.00. The van der Waals surface area contributed by atoms with Gasteiger partial charge >= 0.3 is 0 Å². The second-order valence-electron chi connectivity index (χ2n) is 4.59. The van der Waals surface area contributed by atoms with Gasteiger partial charge < -0.3 is 0 Å². The Bertz CT molecular complexity index is 784. The number of carbonyl (C=O) groups is 2. The molecule has 1 aromatic carbocycles. The van der Waals surface area contributed by atoms with Gasteiger partial charge in [-0.25, -0.2) is 4.68 Å². The van der Waals surface area contributed by atoms with E-state index in [2.05, 4.69) is 26.3 Å². The van der Waals surface area contributed by atoms with Crippen LogP contribution in [-0.4, -0.2) is 21.6 Å². The van der Waals surface area contributed by atoms with Crippen molar-refractivity contribution in [3.05, 3.63) is 39.2 Å². The van der Waals surface area contributed by atoms with Crippen molar-refractivity contribution in [1.82, 2.24) is 15.1 Å². The summed E-state index contributed by atoms with van der Waals surface area (Å²) >= 11 is 3.33. The molecule has 2 amide bonds. The predicted octanol–water partition coefficient (Wildman–Crippen LogP) is 1.14. The minimum Gasteiger partial charge on any atom is -0.295 e.